The molecule has 3 aromatic rings. The molecule has 35 heavy (non-hydrogen) atoms. The molecule has 0 aliphatic carbocycles. The van der Waals surface area contributed by atoms with Gasteiger partial charge in [-0.3, -0.25) is 4.90 Å². The summed E-state index contributed by atoms with van der Waals surface area (Å²) in [4.78, 5) is 7.17. The maximum absolute atomic E-state index is 13.1. The molecule has 4 rings (SSSR count). The van der Waals surface area contributed by atoms with Gasteiger partial charge < -0.3 is 9.80 Å². The van der Waals surface area contributed by atoms with Crippen LogP contribution in [-0.4, -0.2) is 60.1 Å². The molecule has 1 aliphatic heterocycles. The van der Waals surface area contributed by atoms with Gasteiger partial charge in [-0.15, -0.1) is 0 Å². The smallest absolute Gasteiger partial charge is 0.240 e. The first-order valence-corrected chi connectivity index (χ1v) is 13.8. The van der Waals surface area contributed by atoms with Crippen molar-refractivity contribution < 1.29 is 8.42 Å². The van der Waals surface area contributed by atoms with Crippen molar-refractivity contribution in [3.8, 4) is 0 Å². The third-order valence-electron chi connectivity index (χ3n) is 6.78. The molecule has 1 heterocycles. The van der Waals surface area contributed by atoms with Crippen LogP contribution < -0.4 is 14.5 Å². The molecule has 6 nitrogen and oxygen atoms in total. The maximum Gasteiger partial charge on any atom is 0.240 e. The lowest BCUT2D eigenvalue weighted by molar-refractivity contribution is 0.187. The molecule has 0 radical (unpaired) electrons. The highest BCUT2D eigenvalue weighted by Gasteiger charge is 2.27. The Hall–Kier alpha value is -2.87. The summed E-state index contributed by atoms with van der Waals surface area (Å²) in [6, 6.07) is 26.0. The van der Waals surface area contributed by atoms with Gasteiger partial charge in [-0.2, -0.15) is 0 Å². The van der Waals surface area contributed by atoms with Crippen LogP contribution in [0.5, 0.6) is 0 Å². The van der Waals surface area contributed by atoms with Crippen LogP contribution in [-0.2, 0) is 16.4 Å². The van der Waals surface area contributed by atoms with Crippen molar-refractivity contribution in [2.75, 3.05) is 56.6 Å². The fourth-order valence-corrected chi connectivity index (χ4v) is 5.60. The topological polar surface area (TPSA) is 55.9 Å². The molecule has 0 saturated carbocycles. The van der Waals surface area contributed by atoms with Crippen LogP contribution in [0.1, 0.15) is 24.1 Å². The summed E-state index contributed by atoms with van der Waals surface area (Å²) in [5, 5.41) is 0. The quantitative estimate of drug-likeness (QED) is 0.486. The second-order valence-electron chi connectivity index (χ2n) is 9.21. The van der Waals surface area contributed by atoms with Crippen LogP contribution in [0.3, 0.4) is 0 Å². The van der Waals surface area contributed by atoms with E-state index in [2.05, 4.69) is 74.9 Å². The summed E-state index contributed by atoms with van der Waals surface area (Å²) in [6.07, 6.45) is 0.883. The lowest BCUT2D eigenvalue weighted by atomic mass is 10.0. The monoisotopic (exact) mass is 492 g/mol. The Morgan fingerprint density at radius 1 is 0.857 bits per heavy atom. The average Bonchev–Trinajstić information content (AvgIpc) is 2.90. The van der Waals surface area contributed by atoms with E-state index in [9.17, 15) is 8.42 Å². The van der Waals surface area contributed by atoms with Gasteiger partial charge in [-0.05, 0) is 53.9 Å². The number of piperazine rings is 1. The van der Waals surface area contributed by atoms with Crippen molar-refractivity contribution in [2.24, 2.45) is 0 Å². The molecule has 0 aromatic heterocycles. The summed E-state index contributed by atoms with van der Waals surface area (Å²) < 4.78 is 29.1. The first-order chi connectivity index (χ1) is 16.9. The van der Waals surface area contributed by atoms with E-state index in [0.29, 0.717) is 11.4 Å². The van der Waals surface area contributed by atoms with E-state index in [-0.39, 0.29) is 6.04 Å². The molecule has 1 N–H and O–H groups in total. The molecule has 0 spiro atoms. The maximum atomic E-state index is 13.1. The van der Waals surface area contributed by atoms with Gasteiger partial charge in [0.15, 0.2) is 0 Å². The van der Waals surface area contributed by atoms with Crippen LogP contribution in [0.15, 0.2) is 83.8 Å². The molecule has 1 fully saturated rings. The van der Waals surface area contributed by atoms with Crippen LogP contribution in [0.2, 0.25) is 0 Å². The van der Waals surface area contributed by atoms with Crippen LogP contribution in [0.25, 0.3) is 0 Å². The van der Waals surface area contributed by atoms with E-state index in [0.717, 1.165) is 49.4 Å². The molecule has 3 aromatic carbocycles. The van der Waals surface area contributed by atoms with Gasteiger partial charge in [0.25, 0.3) is 0 Å². The number of para-hydroxylation sites is 1. The van der Waals surface area contributed by atoms with E-state index < -0.39 is 10.0 Å². The largest absolute Gasteiger partial charge is 0.378 e. The van der Waals surface area contributed by atoms with Gasteiger partial charge in [0.05, 0.1) is 4.90 Å². The Morgan fingerprint density at radius 2 is 1.49 bits per heavy atom. The van der Waals surface area contributed by atoms with E-state index in [1.165, 1.54) is 5.69 Å². The number of hydrogen-bond acceptors (Lipinski definition) is 5. The third-order valence-corrected chi connectivity index (χ3v) is 8.22. The molecule has 186 valence electrons. The molecule has 1 atom stereocenters. The van der Waals surface area contributed by atoms with E-state index in [4.69, 9.17) is 0 Å². The molecular formula is C28H36N4O2S. The number of anilines is 2. The molecule has 0 amide bonds. The summed E-state index contributed by atoms with van der Waals surface area (Å²) in [5.41, 5.74) is 4.60. The predicted molar refractivity (Wildman–Crippen MR) is 145 cm³/mol. The first kappa shape index (κ1) is 25.2. The minimum absolute atomic E-state index is 0.0474. The Kier molecular flexibility index (Phi) is 8.11. The lowest BCUT2D eigenvalue weighted by Crippen LogP contribution is -2.49. The fraction of sp³-hybridized carbons (Fsp3) is 0.357. The van der Waals surface area contributed by atoms with Crippen LogP contribution in [0.4, 0.5) is 11.4 Å². The fourth-order valence-electron chi connectivity index (χ4n) is 4.56. The Bertz CT molecular complexity index is 1170. The zero-order chi connectivity index (χ0) is 24.8. The summed E-state index contributed by atoms with van der Waals surface area (Å²) >= 11 is 0. The number of nitrogens with one attached hydrogen (secondary N) is 1. The highest BCUT2D eigenvalue weighted by molar-refractivity contribution is 7.89. The summed E-state index contributed by atoms with van der Waals surface area (Å²) in [7, 11) is 0.444. The van der Waals surface area contributed by atoms with E-state index in [1.807, 2.05) is 32.3 Å². The number of aryl methyl sites for hydroxylation is 1. The van der Waals surface area contributed by atoms with Crippen molar-refractivity contribution >= 4 is 21.4 Å². The third kappa shape index (κ3) is 6.23. The Labute approximate surface area is 210 Å². The molecule has 0 bridgehead atoms. The van der Waals surface area contributed by atoms with Crippen molar-refractivity contribution in [3.63, 3.8) is 0 Å². The molecular weight excluding hydrogens is 456 g/mol. The van der Waals surface area contributed by atoms with E-state index >= 15 is 0 Å². The second kappa shape index (κ2) is 11.2. The standard InChI is InChI=1S/C28H36N4O2S/c1-4-23-10-16-27(17-11-23)35(33,34)29-22-28(24-12-14-25(15-13-24)30(2)3)32-20-18-31(19-21-32)26-8-6-5-7-9-26/h5-17,28-29H,4,18-22H2,1-3H3/t28-/m1/s1. The van der Waals surface area contributed by atoms with E-state index in [1.54, 1.807) is 12.1 Å². The summed E-state index contributed by atoms with van der Waals surface area (Å²) in [6.45, 7) is 5.92. The highest BCUT2D eigenvalue weighted by Crippen LogP contribution is 2.26. The number of hydrogen-bond donors (Lipinski definition) is 1. The van der Waals surface area contributed by atoms with Crippen molar-refractivity contribution in [1.29, 1.82) is 0 Å². The normalized spacial score (nSPS) is 15.7. The first-order valence-electron chi connectivity index (χ1n) is 12.3. The number of sulfonamides is 1. The van der Waals surface area contributed by atoms with Gasteiger partial charge in [0.2, 0.25) is 10.0 Å². The number of rotatable bonds is 9. The zero-order valence-corrected chi connectivity index (χ0v) is 21.7. The highest BCUT2D eigenvalue weighted by atomic mass is 32.2. The van der Waals surface area contributed by atoms with Gasteiger partial charge in [0.1, 0.15) is 0 Å². The van der Waals surface area contributed by atoms with Crippen molar-refractivity contribution in [2.45, 2.75) is 24.3 Å². The molecule has 0 unspecified atom stereocenters. The SMILES string of the molecule is CCc1ccc(S(=O)(=O)NC[C@H](c2ccc(N(C)C)cc2)N2CCN(c3ccccc3)CC2)cc1. The minimum atomic E-state index is -3.60. The van der Waals surface area contributed by atoms with Crippen molar-refractivity contribution in [3.05, 3.63) is 90.0 Å². The molecule has 1 saturated heterocycles. The van der Waals surface area contributed by atoms with Gasteiger partial charge in [0, 0.05) is 64.2 Å². The van der Waals surface area contributed by atoms with Crippen LogP contribution in [0, 0.1) is 0 Å². The lowest BCUT2D eigenvalue weighted by Gasteiger charge is -2.40. The molecule has 1 aliphatic rings. The van der Waals surface area contributed by atoms with Crippen LogP contribution >= 0.6 is 0 Å². The van der Waals surface area contributed by atoms with Gasteiger partial charge in [-0.1, -0.05) is 49.4 Å². The second-order valence-corrected chi connectivity index (χ2v) is 11.0. The van der Waals surface area contributed by atoms with Gasteiger partial charge in [-0.25, -0.2) is 13.1 Å². The average molecular weight is 493 g/mol. The zero-order valence-electron chi connectivity index (χ0n) is 20.9. The molecule has 7 heteroatoms. The van der Waals surface area contributed by atoms with Crippen molar-refractivity contribution in [1.82, 2.24) is 9.62 Å². The summed E-state index contributed by atoms with van der Waals surface area (Å²) in [5.74, 6) is 0. The Morgan fingerprint density at radius 3 is 2.06 bits per heavy atom. The number of benzene rings is 3. The predicted octanol–water partition coefficient (Wildman–Crippen LogP) is 4.16. The van der Waals surface area contributed by atoms with Gasteiger partial charge >= 0.3 is 0 Å². The Balaban J connectivity index is 1.51. The number of nitrogens with zero attached hydrogens (tertiary/aromatic N) is 3. The minimum Gasteiger partial charge on any atom is -0.378 e.